The molecule has 0 N–H and O–H groups in total. The Labute approximate surface area is 132 Å². The van der Waals surface area contributed by atoms with Gasteiger partial charge in [-0.1, -0.05) is 30.0 Å². The summed E-state index contributed by atoms with van der Waals surface area (Å²) in [6.07, 6.45) is 0. The van der Waals surface area contributed by atoms with E-state index in [-0.39, 0.29) is 5.69 Å². The first-order chi connectivity index (χ1) is 10.1. The summed E-state index contributed by atoms with van der Waals surface area (Å²) >= 11 is 4.58. The van der Waals surface area contributed by atoms with Gasteiger partial charge >= 0.3 is 0 Å². The molecule has 106 valence electrons. The molecule has 1 aromatic heterocycles. The number of nitrogens with zero attached hydrogens (tertiary/aromatic N) is 2. The maximum atomic E-state index is 10.9. The fourth-order valence-electron chi connectivity index (χ4n) is 1.85. The first kappa shape index (κ1) is 14.1. The molecule has 0 radical (unpaired) electrons. The van der Waals surface area contributed by atoms with Crippen molar-refractivity contribution in [1.29, 1.82) is 0 Å². The van der Waals surface area contributed by atoms with Gasteiger partial charge in [0.2, 0.25) is 0 Å². The van der Waals surface area contributed by atoms with E-state index in [0.29, 0.717) is 15.4 Å². The van der Waals surface area contributed by atoms with Crippen LogP contribution in [-0.4, -0.2) is 9.91 Å². The van der Waals surface area contributed by atoms with Crippen LogP contribution in [-0.2, 0) is 5.75 Å². The molecule has 0 bridgehead atoms. The van der Waals surface area contributed by atoms with E-state index in [1.165, 1.54) is 11.8 Å². The van der Waals surface area contributed by atoms with Crippen molar-refractivity contribution >= 4 is 44.5 Å². The molecule has 0 aliphatic carbocycles. The Kier molecular flexibility index (Phi) is 3.94. The highest BCUT2D eigenvalue weighted by molar-refractivity contribution is 9.10. The Morgan fingerprint density at radius 3 is 2.86 bits per heavy atom. The van der Waals surface area contributed by atoms with Crippen molar-refractivity contribution in [2.75, 3.05) is 0 Å². The number of aromatic nitrogens is 1. The number of rotatable bonds is 4. The second-order valence-electron chi connectivity index (χ2n) is 4.28. The van der Waals surface area contributed by atoms with Gasteiger partial charge in [-0.15, -0.1) is 0 Å². The second kappa shape index (κ2) is 5.87. The lowest BCUT2D eigenvalue weighted by Crippen LogP contribution is -1.91. The average Bonchev–Trinajstić information content (AvgIpc) is 2.89. The Balaban J connectivity index is 1.78. The van der Waals surface area contributed by atoms with E-state index in [9.17, 15) is 10.1 Å². The number of hydrogen-bond acceptors (Lipinski definition) is 5. The fourth-order valence-corrected chi connectivity index (χ4v) is 3.02. The third-order valence-electron chi connectivity index (χ3n) is 2.84. The van der Waals surface area contributed by atoms with Gasteiger partial charge in [0.25, 0.3) is 10.9 Å². The van der Waals surface area contributed by atoms with Gasteiger partial charge in [-0.05, 0) is 39.7 Å². The van der Waals surface area contributed by atoms with Gasteiger partial charge < -0.3 is 4.42 Å². The number of thioether (sulfide) groups is 1. The summed E-state index contributed by atoms with van der Waals surface area (Å²) in [5.74, 6) is 0.556. The number of nitro benzene ring substituents is 1. The molecule has 0 unspecified atom stereocenters. The fraction of sp³-hybridized carbons (Fsp3) is 0.0714. The molecular formula is C14H9BrN2O3S. The molecule has 2 aromatic carbocycles. The number of halogens is 1. The maximum Gasteiger partial charge on any atom is 0.283 e. The minimum atomic E-state index is -0.405. The smallest absolute Gasteiger partial charge is 0.283 e. The number of para-hydroxylation sites is 2. The lowest BCUT2D eigenvalue weighted by atomic mass is 10.2. The van der Waals surface area contributed by atoms with Crippen LogP contribution in [0.5, 0.6) is 0 Å². The molecule has 5 nitrogen and oxygen atoms in total. The Hall–Kier alpha value is -1.86. The molecule has 0 spiro atoms. The first-order valence-electron chi connectivity index (χ1n) is 6.04. The van der Waals surface area contributed by atoms with Gasteiger partial charge in [-0.3, -0.25) is 10.1 Å². The molecular weight excluding hydrogens is 356 g/mol. The number of oxazole rings is 1. The average molecular weight is 365 g/mol. The van der Waals surface area contributed by atoms with Crippen LogP contribution in [0.2, 0.25) is 0 Å². The number of fused-ring (bicyclic) bond motifs is 1. The summed E-state index contributed by atoms with van der Waals surface area (Å²) in [4.78, 5) is 14.9. The molecule has 0 amide bonds. The summed E-state index contributed by atoms with van der Waals surface area (Å²) in [6, 6.07) is 12.6. The third-order valence-corrected chi connectivity index (χ3v) is 4.41. The number of nitro groups is 1. The third kappa shape index (κ3) is 3.08. The maximum absolute atomic E-state index is 10.9. The van der Waals surface area contributed by atoms with Crippen LogP contribution in [0.4, 0.5) is 5.69 Å². The Morgan fingerprint density at radius 1 is 1.29 bits per heavy atom. The van der Waals surface area contributed by atoms with E-state index in [1.54, 1.807) is 12.1 Å². The molecule has 3 rings (SSSR count). The van der Waals surface area contributed by atoms with Crippen LogP contribution in [0, 0.1) is 10.1 Å². The highest BCUT2D eigenvalue weighted by Crippen LogP contribution is 2.30. The van der Waals surface area contributed by atoms with Crippen molar-refractivity contribution in [3.63, 3.8) is 0 Å². The molecule has 3 aromatic rings. The normalized spacial score (nSPS) is 10.9. The van der Waals surface area contributed by atoms with E-state index in [0.717, 1.165) is 16.7 Å². The predicted octanol–water partition coefficient (Wildman–Crippen LogP) is 4.79. The summed E-state index contributed by atoms with van der Waals surface area (Å²) < 4.78 is 6.07. The van der Waals surface area contributed by atoms with E-state index >= 15 is 0 Å². The zero-order valence-electron chi connectivity index (χ0n) is 10.7. The highest BCUT2D eigenvalue weighted by Gasteiger charge is 2.13. The number of hydrogen-bond donors (Lipinski definition) is 0. The van der Waals surface area contributed by atoms with Crippen LogP contribution < -0.4 is 0 Å². The van der Waals surface area contributed by atoms with Crippen LogP contribution in [0.25, 0.3) is 11.1 Å². The van der Waals surface area contributed by atoms with Gasteiger partial charge in [-0.2, -0.15) is 0 Å². The van der Waals surface area contributed by atoms with E-state index in [1.807, 2.05) is 30.3 Å². The van der Waals surface area contributed by atoms with Gasteiger partial charge in [0.05, 0.1) is 9.40 Å². The molecule has 0 saturated carbocycles. The molecule has 0 fully saturated rings. The van der Waals surface area contributed by atoms with Crippen molar-refractivity contribution in [1.82, 2.24) is 4.98 Å². The van der Waals surface area contributed by atoms with Crippen LogP contribution in [0.15, 0.2) is 56.6 Å². The molecule has 0 atom stereocenters. The minimum Gasteiger partial charge on any atom is -0.431 e. The second-order valence-corrected chi connectivity index (χ2v) is 6.06. The zero-order chi connectivity index (χ0) is 14.8. The molecule has 0 aliphatic rings. The first-order valence-corrected chi connectivity index (χ1v) is 7.82. The predicted molar refractivity (Wildman–Crippen MR) is 84.4 cm³/mol. The monoisotopic (exact) mass is 364 g/mol. The summed E-state index contributed by atoms with van der Waals surface area (Å²) in [7, 11) is 0. The van der Waals surface area contributed by atoms with Crippen molar-refractivity contribution in [2.24, 2.45) is 0 Å². The van der Waals surface area contributed by atoms with Crippen molar-refractivity contribution in [3.8, 4) is 0 Å². The van der Waals surface area contributed by atoms with Gasteiger partial charge in [0, 0.05) is 11.8 Å². The SMILES string of the molecule is O=[N+]([O-])c1cc(CSc2nc3ccccc3o2)ccc1Br. The summed E-state index contributed by atoms with van der Waals surface area (Å²) in [5, 5.41) is 11.5. The van der Waals surface area contributed by atoms with Crippen molar-refractivity contribution in [3.05, 3.63) is 62.6 Å². The molecule has 1 heterocycles. The van der Waals surface area contributed by atoms with Crippen molar-refractivity contribution < 1.29 is 9.34 Å². The lowest BCUT2D eigenvalue weighted by molar-refractivity contribution is -0.385. The van der Waals surface area contributed by atoms with Crippen LogP contribution in [0.1, 0.15) is 5.56 Å². The minimum absolute atomic E-state index is 0.0608. The van der Waals surface area contributed by atoms with Crippen molar-refractivity contribution in [2.45, 2.75) is 11.0 Å². The molecule has 21 heavy (non-hydrogen) atoms. The largest absolute Gasteiger partial charge is 0.431 e. The van der Waals surface area contributed by atoms with Gasteiger partial charge in [-0.25, -0.2) is 4.98 Å². The van der Waals surface area contributed by atoms with E-state index in [4.69, 9.17) is 4.42 Å². The van der Waals surface area contributed by atoms with Gasteiger partial charge in [0.1, 0.15) is 5.52 Å². The summed E-state index contributed by atoms with van der Waals surface area (Å²) in [6.45, 7) is 0. The highest BCUT2D eigenvalue weighted by atomic mass is 79.9. The van der Waals surface area contributed by atoms with Crippen LogP contribution >= 0.6 is 27.7 Å². The van der Waals surface area contributed by atoms with E-state index < -0.39 is 4.92 Å². The number of benzene rings is 2. The Bertz CT molecular complexity index is 786. The topological polar surface area (TPSA) is 69.2 Å². The molecule has 0 saturated heterocycles. The quantitative estimate of drug-likeness (QED) is 0.378. The van der Waals surface area contributed by atoms with Crippen LogP contribution in [0.3, 0.4) is 0 Å². The molecule has 7 heteroatoms. The zero-order valence-corrected chi connectivity index (χ0v) is 13.1. The molecule has 0 aliphatic heterocycles. The van der Waals surface area contributed by atoms with Gasteiger partial charge in [0.15, 0.2) is 5.58 Å². The Morgan fingerprint density at radius 2 is 2.10 bits per heavy atom. The standard InChI is InChI=1S/C14H9BrN2O3S/c15-10-6-5-9(7-12(10)17(18)19)8-21-14-16-11-3-1-2-4-13(11)20-14/h1-7H,8H2. The lowest BCUT2D eigenvalue weighted by Gasteiger charge is -2.00. The van der Waals surface area contributed by atoms with E-state index in [2.05, 4.69) is 20.9 Å². The summed E-state index contributed by atoms with van der Waals surface area (Å²) in [5.41, 5.74) is 2.45.